The lowest BCUT2D eigenvalue weighted by Crippen LogP contribution is -2.37. The normalized spacial score (nSPS) is 18.5. The largest absolute Gasteiger partial charge is 0.458 e. The summed E-state index contributed by atoms with van der Waals surface area (Å²) in [6.07, 6.45) is 7.24. The molecule has 1 aliphatic heterocycles. The highest BCUT2D eigenvalue weighted by Crippen LogP contribution is 2.39. The molecule has 1 fully saturated rings. The molecular formula is C18H27BrN2O3. The molecule has 6 heteroatoms. The average molecular weight is 399 g/mol. The molecule has 2 heterocycles. The number of carbonyl (C=O) groups is 1. The van der Waals surface area contributed by atoms with Crippen molar-refractivity contribution >= 4 is 21.9 Å². The Kier molecular flexibility index (Phi) is 6.78. The quantitative estimate of drug-likeness (QED) is 0.785. The molecule has 0 spiro atoms. The van der Waals surface area contributed by atoms with Gasteiger partial charge in [-0.15, -0.1) is 0 Å². The van der Waals surface area contributed by atoms with Crippen molar-refractivity contribution in [3.05, 3.63) is 28.5 Å². The molecular weight excluding hydrogens is 372 g/mol. The average Bonchev–Trinajstić information content (AvgIpc) is 2.46. The predicted molar refractivity (Wildman–Crippen MR) is 96.7 cm³/mol. The monoisotopic (exact) mass is 398 g/mol. The van der Waals surface area contributed by atoms with Crippen LogP contribution in [0.2, 0.25) is 0 Å². The third kappa shape index (κ3) is 5.53. The number of ether oxygens (including phenoxy) is 2. The maximum Gasteiger partial charge on any atom is 0.332 e. The van der Waals surface area contributed by atoms with E-state index in [1.807, 2.05) is 26.8 Å². The van der Waals surface area contributed by atoms with Crippen molar-refractivity contribution < 1.29 is 14.3 Å². The Morgan fingerprint density at radius 1 is 1.33 bits per heavy atom. The van der Waals surface area contributed by atoms with Gasteiger partial charge in [0, 0.05) is 22.4 Å². The number of aromatic nitrogens is 1. The topological polar surface area (TPSA) is 60.5 Å². The SMILES string of the molecule is CC(C)(C)OC(=O)COC1(c2ccncc2Br)CCCNCCC1. The third-order valence-electron chi connectivity index (χ3n) is 4.02. The number of hydrogen-bond donors (Lipinski definition) is 1. The van der Waals surface area contributed by atoms with Crippen LogP contribution >= 0.6 is 15.9 Å². The Labute approximate surface area is 152 Å². The molecule has 1 saturated heterocycles. The molecule has 0 saturated carbocycles. The summed E-state index contributed by atoms with van der Waals surface area (Å²) < 4.78 is 12.5. The van der Waals surface area contributed by atoms with Crippen LogP contribution in [0.3, 0.4) is 0 Å². The second-order valence-electron chi connectivity index (χ2n) is 7.18. The molecule has 24 heavy (non-hydrogen) atoms. The van der Waals surface area contributed by atoms with E-state index in [4.69, 9.17) is 9.47 Å². The van der Waals surface area contributed by atoms with E-state index in [1.54, 1.807) is 12.4 Å². The van der Waals surface area contributed by atoms with Crippen LogP contribution in [0.15, 0.2) is 22.9 Å². The van der Waals surface area contributed by atoms with Gasteiger partial charge in [0.1, 0.15) is 12.2 Å². The zero-order valence-electron chi connectivity index (χ0n) is 14.7. The number of hydrogen-bond acceptors (Lipinski definition) is 5. The first-order valence-electron chi connectivity index (χ1n) is 8.49. The van der Waals surface area contributed by atoms with E-state index in [9.17, 15) is 4.79 Å². The Morgan fingerprint density at radius 2 is 2.00 bits per heavy atom. The molecule has 2 rings (SSSR count). The lowest BCUT2D eigenvalue weighted by Gasteiger charge is -2.36. The van der Waals surface area contributed by atoms with Crippen molar-refractivity contribution in [3.63, 3.8) is 0 Å². The molecule has 1 N–H and O–H groups in total. The lowest BCUT2D eigenvalue weighted by molar-refractivity contribution is -0.169. The maximum absolute atomic E-state index is 12.1. The Balaban J connectivity index is 2.19. The minimum Gasteiger partial charge on any atom is -0.458 e. The minimum absolute atomic E-state index is 0.0422. The van der Waals surface area contributed by atoms with E-state index < -0.39 is 11.2 Å². The predicted octanol–water partition coefficient (Wildman–Crippen LogP) is 3.56. The highest BCUT2D eigenvalue weighted by molar-refractivity contribution is 9.10. The highest BCUT2D eigenvalue weighted by Gasteiger charge is 2.36. The van der Waals surface area contributed by atoms with Crippen LogP contribution < -0.4 is 5.32 Å². The van der Waals surface area contributed by atoms with Crippen molar-refractivity contribution in [2.75, 3.05) is 19.7 Å². The van der Waals surface area contributed by atoms with Crippen molar-refractivity contribution in [1.82, 2.24) is 10.3 Å². The van der Waals surface area contributed by atoms with Gasteiger partial charge in [-0.05, 0) is 81.5 Å². The minimum atomic E-state index is -0.504. The van der Waals surface area contributed by atoms with Gasteiger partial charge in [0.15, 0.2) is 0 Å². The van der Waals surface area contributed by atoms with Gasteiger partial charge in [-0.1, -0.05) is 0 Å². The highest BCUT2D eigenvalue weighted by atomic mass is 79.9. The Hall–Kier alpha value is -0.980. The van der Waals surface area contributed by atoms with Gasteiger partial charge in [0.05, 0.1) is 5.60 Å². The summed E-state index contributed by atoms with van der Waals surface area (Å²) in [4.78, 5) is 16.3. The van der Waals surface area contributed by atoms with Gasteiger partial charge in [-0.3, -0.25) is 4.98 Å². The van der Waals surface area contributed by atoms with E-state index in [2.05, 4.69) is 26.2 Å². The molecule has 1 aromatic rings. The molecule has 5 nitrogen and oxygen atoms in total. The van der Waals surface area contributed by atoms with E-state index in [-0.39, 0.29) is 12.6 Å². The number of nitrogens with zero attached hydrogens (tertiary/aromatic N) is 1. The van der Waals surface area contributed by atoms with Crippen LogP contribution in [0.25, 0.3) is 0 Å². The van der Waals surface area contributed by atoms with Gasteiger partial charge in [0.25, 0.3) is 0 Å². The molecule has 0 bridgehead atoms. The van der Waals surface area contributed by atoms with Gasteiger partial charge in [-0.25, -0.2) is 4.79 Å². The first-order chi connectivity index (χ1) is 11.3. The summed E-state index contributed by atoms with van der Waals surface area (Å²) in [6, 6.07) is 1.98. The summed E-state index contributed by atoms with van der Waals surface area (Å²) >= 11 is 3.59. The summed E-state index contributed by atoms with van der Waals surface area (Å²) in [5.41, 5.74) is 0.0687. The standard InChI is InChI=1S/C18H27BrN2O3/c1-17(2,3)24-16(22)13-23-18(7-4-9-20-10-5-8-18)14-6-11-21-12-15(14)19/h6,11-12,20H,4-5,7-10,13H2,1-3H3. The van der Waals surface area contributed by atoms with Crippen LogP contribution in [0.4, 0.5) is 0 Å². The zero-order valence-corrected chi connectivity index (χ0v) is 16.3. The smallest absolute Gasteiger partial charge is 0.332 e. The molecule has 1 aliphatic rings. The van der Waals surface area contributed by atoms with Crippen LogP contribution in [0, 0.1) is 0 Å². The lowest BCUT2D eigenvalue weighted by atomic mass is 9.84. The summed E-state index contributed by atoms with van der Waals surface area (Å²) in [5.74, 6) is -0.327. The van der Waals surface area contributed by atoms with Crippen molar-refractivity contribution in [3.8, 4) is 0 Å². The van der Waals surface area contributed by atoms with Crippen LogP contribution in [-0.2, 0) is 19.9 Å². The molecule has 0 radical (unpaired) electrons. The molecule has 0 aliphatic carbocycles. The van der Waals surface area contributed by atoms with Crippen LogP contribution in [0.1, 0.15) is 52.0 Å². The fraction of sp³-hybridized carbons (Fsp3) is 0.667. The second-order valence-corrected chi connectivity index (χ2v) is 8.04. The summed E-state index contributed by atoms with van der Waals surface area (Å²) in [7, 11) is 0. The van der Waals surface area contributed by atoms with Crippen molar-refractivity contribution in [2.45, 2.75) is 57.7 Å². The fourth-order valence-electron chi connectivity index (χ4n) is 3.05. The maximum atomic E-state index is 12.1. The Morgan fingerprint density at radius 3 is 2.58 bits per heavy atom. The number of esters is 1. The van der Waals surface area contributed by atoms with Gasteiger partial charge >= 0.3 is 5.97 Å². The molecule has 0 unspecified atom stereocenters. The zero-order chi connectivity index (χ0) is 17.6. The van der Waals surface area contributed by atoms with Crippen molar-refractivity contribution in [2.24, 2.45) is 0 Å². The van der Waals surface area contributed by atoms with Crippen LogP contribution in [0.5, 0.6) is 0 Å². The third-order valence-corrected chi connectivity index (χ3v) is 4.65. The van der Waals surface area contributed by atoms with E-state index in [0.29, 0.717) is 0 Å². The molecule has 134 valence electrons. The van der Waals surface area contributed by atoms with E-state index >= 15 is 0 Å². The van der Waals surface area contributed by atoms with Gasteiger partial charge < -0.3 is 14.8 Å². The number of rotatable bonds is 4. The van der Waals surface area contributed by atoms with Crippen molar-refractivity contribution in [1.29, 1.82) is 0 Å². The molecule has 0 atom stereocenters. The molecule has 0 amide bonds. The number of pyridine rings is 1. The summed E-state index contributed by atoms with van der Waals surface area (Å²) in [5, 5.41) is 3.42. The van der Waals surface area contributed by atoms with Gasteiger partial charge in [0.2, 0.25) is 0 Å². The molecule has 0 aromatic carbocycles. The van der Waals surface area contributed by atoms with E-state index in [0.717, 1.165) is 48.8 Å². The first-order valence-corrected chi connectivity index (χ1v) is 9.28. The fourth-order valence-corrected chi connectivity index (χ4v) is 3.66. The number of nitrogens with one attached hydrogen (secondary N) is 1. The number of carbonyl (C=O) groups excluding carboxylic acids is 1. The number of halogens is 1. The van der Waals surface area contributed by atoms with E-state index in [1.165, 1.54) is 0 Å². The van der Waals surface area contributed by atoms with Crippen LogP contribution in [-0.4, -0.2) is 36.3 Å². The first kappa shape index (κ1) is 19.3. The van der Waals surface area contributed by atoms with Gasteiger partial charge in [-0.2, -0.15) is 0 Å². The Bertz CT molecular complexity index is 549. The second kappa shape index (κ2) is 8.41. The summed E-state index contributed by atoms with van der Waals surface area (Å²) in [6.45, 7) is 7.46. The molecule has 1 aromatic heterocycles.